The van der Waals surface area contributed by atoms with Gasteiger partial charge in [0.1, 0.15) is 17.3 Å². The molecule has 0 aliphatic carbocycles. The zero-order valence-corrected chi connectivity index (χ0v) is 17.3. The molecule has 8 heteroatoms. The Morgan fingerprint density at radius 3 is 2.52 bits per heavy atom. The van der Waals surface area contributed by atoms with Crippen LogP contribution in [0.15, 0.2) is 65.1 Å². The van der Waals surface area contributed by atoms with Gasteiger partial charge in [-0.2, -0.15) is 0 Å². The highest BCUT2D eigenvalue weighted by molar-refractivity contribution is 7.89. The molecule has 0 aliphatic rings. The van der Waals surface area contributed by atoms with E-state index in [9.17, 15) is 13.2 Å². The summed E-state index contributed by atoms with van der Waals surface area (Å²) in [5, 5.41) is 3.10. The second-order valence-electron chi connectivity index (χ2n) is 6.27. The van der Waals surface area contributed by atoms with E-state index in [1.165, 1.54) is 12.1 Å². The van der Waals surface area contributed by atoms with Gasteiger partial charge in [0.05, 0.1) is 18.0 Å². The molecule has 0 fully saturated rings. The molecule has 152 valence electrons. The highest BCUT2D eigenvalue weighted by Crippen LogP contribution is 2.25. The van der Waals surface area contributed by atoms with E-state index < -0.39 is 15.7 Å². The Balaban J connectivity index is 1.69. The van der Waals surface area contributed by atoms with Crippen molar-refractivity contribution in [3.8, 4) is 5.75 Å². The van der Waals surface area contributed by atoms with Gasteiger partial charge in [-0.1, -0.05) is 41.9 Å². The fraction of sp³-hybridized carbons (Fsp3) is 0.190. The molecule has 0 unspecified atom stereocenters. The molecule has 0 saturated heterocycles. The summed E-state index contributed by atoms with van der Waals surface area (Å²) >= 11 is 6.04. The van der Waals surface area contributed by atoms with E-state index in [0.29, 0.717) is 28.6 Å². The van der Waals surface area contributed by atoms with Crippen LogP contribution >= 0.6 is 11.6 Å². The Morgan fingerprint density at radius 1 is 1.03 bits per heavy atom. The summed E-state index contributed by atoms with van der Waals surface area (Å²) in [5.74, 6) is -0.304. The topological polar surface area (TPSA) is 85.6 Å². The van der Waals surface area contributed by atoms with Crippen LogP contribution in [-0.2, 0) is 21.3 Å². The van der Waals surface area contributed by atoms with Crippen LogP contribution in [0.25, 0.3) is 0 Å². The van der Waals surface area contributed by atoms with E-state index >= 15 is 0 Å². The summed E-state index contributed by atoms with van der Waals surface area (Å²) in [4.78, 5) is 12.5. The average Bonchev–Trinajstić information content (AvgIpc) is 3.13. The smallest absolute Gasteiger partial charge is 0.291 e. The molecule has 3 rings (SSSR count). The van der Waals surface area contributed by atoms with Gasteiger partial charge in [0, 0.05) is 5.02 Å². The number of furan rings is 1. The van der Waals surface area contributed by atoms with Crippen molar-refractivity contribution in [2.45, 2.75) is 18.4 Å². The van der Waals surface area contributed by atoms with Crippen molar-refractivity contribution in [1.82, 2.24) is 0 Å². The summed E-state index contributed by atoms with van der Waals surface area (Å²) in [5.41, 5.74) is 1.02. The lowest BCUT2D eigenvalue weighted by molar-refractivity contribution is 0.0994. The van der Waals surface area contributed by atoms with Crippen molar-refractivity contribution in [3.05, 3.63) is 82.8 Å². The van der Waals surface area contributed by atoms with E-state index in [2.05, 4.69) is 5.32 Å². The Kier molecular flexibility index (Phi) is 6.61. The fourth-order valence-electron chi connectivity index (χ4n) is 2.73. The number of rotatable bonds is 8. The molecular weight excluding hydrogens is 414 g/mol. The molecule has 0 spiro atoms. The van der Waals surface area contributed by atoms with Gasteiger partial charge in [-0.25, -0.2) is 8.42 Å². The van der Waals surface area contributed by atoms with Gasteiger partial charge < -0.3 is 14.5 Å². The van der Waals surface area contributed by atoms with Gasteiger partial charge in [-0.15, -0.1) is 0 Å². The number of hydrogen-bond donors (Lipinski definition) is 1. The van der Waals surface area contributed by atoms with Gasteiger partial charge in [0.2, 0.25) is 0 Å². The van der Waals surface area contributed by atoms with E-state index in [0.717, 1.165) is 0 Å². The van der Waals surface area contributed by atoms with Crippen molar-refractivity contribution in [2.24, 2.45) is 0 Å². The molecule has 0 radical (unpaired) electrons. The first kappa shape index (κ1) is 21.0. The number of hydrogen-bond acceptors (Lipinski definition) is 5. The molecule has 3 aromatic rings. The molecule has 1 N–H and O–H groups in total. The number of nitrogens with one attached hydrogen (secondary N) is 1. The molecule has 1 aromatic heterocycles. The number of carbonyl (C=O) groups excluding carboxylic acids is 1. The van der Waals surface area contributed by atoms with Gasteiger partial charge in [0.25, 0.3) is 5.91 Å². The van der Waals surface area contributed by atoms with E-state index in [1.807, 2.05) is 6.92 Å². The number of amides is 1. The average molecular weight is 434 g/mol. The summed E-state index contributed by atoms with van der Waals surface area (Å²) < 4.78 is 35.9. The maximum absolute atomic E-state index is 12.5. The molecule has 1 heterocycles. The minimum absolute atomic E-state index is 0.0132. The molecular formula is C21H20ClNO5S. The molecule has 0 saturated carbocycles. The third kappa shape index (κ3) is 5.62. The Bertz CT molecular complexity index is 1110. The van der Waals surface area contributed by atoms with Crippen LogP contribution in [0.3, 0.4) is 0 Å². The molecule has 1 amide bonds. The zero-order valence-electron chi connectivity index (χ0n) is 15.7. The highest BCUT2D eigenvalue weighted by atomic mass is 35.5. The minimum atomic E-state index is -3.53. The van der Waals surface area contributed by atoms with Gasteiger partial charge in [0.15, 0.2) is 15.6 Å². The monoisotopic (exact) mass is 433 g/mol. The number of halogens is 1. The minimum Gasteiger partial charge on any atom is -0.492 e. The predicted molar refractivity (Wildman–Crippen MR) is 112 cm³/mol. The van der Waals surface area contributed by atoms with Gasteiger partial charge in [-0.05, 0) is 42.8 Å². The SMILES string of the molecule is CCOc1ccccc1NC(=O)c1ccc(CS(=O)(=O)Cc2ccccc2Cl)o1. The number of anilines is 1. The van der Waals surface area contributed by atoms with Crippen LogP contribution in [0, 0.1) is 0 Å². The Labute approximate surface area is 174 Å². The molecule has 0 aliphatic heterocycles. The second-order valence-corrected chi connectivity index (χ2v) is 8.74. The number of ether oxygens (including phenoxy) is 1. The third-order valence-electron chi connectivity index (χ3n) is 4.02. The standard InChI is InChI=1S/C21H20ClNO5S/c1-2-27-19-10-6-5-9-18(19)23-21(24)20-12-11-16(28-20)14-29(25,26)13-15-7-3-4-8-17(15)22/h3-12H,2,13-14H2,1H3,(H,23,24). The van der Waals surface area contributed by atoms with Crippen LogP contribution in [0.5, 0.6) is 5.75 Å². The van der Waals surface area contributed by atoms with E-state index in [1.54, 1.807) is 48.5 Å². The Morgan fingerprint density at radius 2 is 1.76 bits per heavy atom. The number of carbonyl (C=O) groups is 1. The van der Waals surface area contributed by atoms with Crippen molar-refractivity contribution in [1.29, 1.82) is 0 Å². The lowest BCUT2D eigenvalue weighted by Gasteiger charge is -2.10. The molecule has 29 heavy (non-hydrogen) atoms. The van der Waals surface area contributed by atoms with Crippen LogP contribution in [-0.4, -0.2) is 20.9 Å². The van der Waals surface area contributed by atoms with Crippen LogP contribution in [0.4, 0.5) is 5.69 Å². The summed E-state index contributed by atoms with van der Waals surface area (Å²) in [7, 11) is -3.53. The maximum atomic E-state index is 12.5. The van der Waals surface area contributed by atoms with Crippen molar-refractivity contribution < 1.29 is 22.4 Å². The van der Waals surface area contributed by atoms with Crippen molar-refractivity contribution >= 4 is 33.0 Å². The first-order valence-electron chi connectivity index (χ1n) is 8.93. The largest absolute Gasteiger partial charge is 0.492 e. The molecule has 0 bridgehead atoms. The first-order valence-corrected chi connectivity index (χ1v) is 11.1. The van der Waals surface area contributed by atoms with E-state index in [-0.39, 0.29) is 23.0 Å². The second kappa shape index (κ2) is 9.15. The van der Waals surface area contributed by atoms with Crippen molar-refractivity contribution in [2.75, 3.05) is 11.9 Å². The zero-order chi connectivity index (χ0) is 20.9. The number of sulfone groups is 1. The van der Waals surface area contributed by atoms with Gasteiger partial charge >= 0.3 is 0 Å². The summed E-state index contributed by atoms with van der Waals surface area (Å²) in [6.07, 6.45) is 0. The number of benzene rings is 2. The van der Waals surface area contributed by atoms with Crippen LogP contribution < -0.4 is 10.1 Å². The maximum Gasteiger partial charge on any atom is 0.291 e. The summed E-state index contributed by atoms with van der Waals surface area (Å²) in [6, 6.07) is 16.7. The lowest BCUT2D eigenvalue weighted by Crippen LogP contribution is -2.12. The fourth-order valence-corrected chi connectivity index (χ4v) is 4.43. The molecule has 6 nitrogen and oxygen atoms in total. The van der Waals surface area contributed by atoms with Crippen molar-refractivity contribution in [3.63, 3.8) is 0 Å². The van der Waals surface area contributed by atoms with Gasteiger partial charge in [-0.3, -0.25) is 4.79 Å². The number of para-hydroxylation sites is 2. The normalized spacial score (nSPS) is 11.2. The predicted octanol–water partition coefficient (Wildman–Crippen LogP) is 4.70. The highest BCUT2D eigenvalue weighted by Gasteiger charge is 2.19. The van der Waals surface area contributed by atoms with Crippen LogP contribution in [0.2, 0.25) is 5.02 Å². The quantitative estimate of drug-likeness (QED) is 0.556. The third-order valence-corrected chi connectivity index (χ3v) is 5.86. The van der Waals surface area contributed by atoms with E-state index in [4.69, 9.17) is 20.8 Å². The Hall–Kier alpha value is -2.77. The lowest BCUT2D eigenvalue weighted by atomic mass is 10.2. The molecule has 0 atom stereocenters. The van der Waals surface area contributed by atoms with Crippen LogP contribution in [0.1, 0.15) is 28.8 Å². The summed E-state index contributed by atoms with van der Waals surface area (Å²) in [6.45, 7) is 2.31. The molecule has 2 aromatic carbocycles. The first-order chi connectivity index (χ1) is 13.9.